The molecule has 28 heavy (non-hydrogen) atoms. The third-order valence-corrected chi connectivity index (χ3v) is 4.77. The van der Waals surface area contributed by atoms with Crippen LogP contribution in [0, 0.1) is 0 Å². The summed E-state index contributed by atoms with van der Waals surface area (Å²) in [4.78, 5) is 12.1. The van der Waals surface area contributed by atoms with Gasteiger partial charge in [0.2, 0.25) is 0 Å². The van der Waals surface area contributed by atoms with E-state index in [2.05, 4.69) is 52.6 Å². The summed E-state index contributed by atoms with van der Waals surface area (Å²) in [5.74, 6) is -0.353. The number of nitrogens with one attached hydrogen (secondary N) is 1. The van der Waals surface area contributed by atoms with Gasteiger partial charge >= 0.3 is 0 Å². The molecule has 0 fully saturated rings. The number of nitrogens with zero attached hydrogens (tertiary/aromatic N) is 3. The SMILES string of the molecule is O=C(NN=Cc1cc(N=Nc2cccc(Br)c2)ccc1O)c1ccccc1Br. The highest BCUT2D eigenvalue weighted by Crippen LogP contribution is 2.25. The number of amides is 1. The van der Waals surface area contributed by atoms with Crippen molar-refractivity contribution < 1.29 is 9.90 Å². The van der Waals surface area contributed by atoms with Crippen molar-refractivity contribution in [2.45, 2.75) is 0 Å². The number of hydrogen-bond acceptors (Lipinski definition) is 5. The first-order valence-electron chi connectivity index (χ1n) is 8.11. The number of aromatic hydroxyl groups is 1. The smallest absolute Gasteiger partial charge is 0.272 e. The lowest BCUT2D eigenvalue weighted by Crippen LogP contribution is -2.18. The van der Waals surface area contributed by atoms with E-state index in [0.717, 1.165) is 4.47 Å². The molecule has 0 aliphatic rings. The fraction of sp³-hybridized carbons (Fsp3) is 0. The van der Waals surface area contributed by atoms with Gasteiger partial charge in [-0.05, 0) is 64.5 Å². The first-order chi connectivity index (χ1) is 13.5. The van der Waals surface area contributed by atoms with E-state index in [9.17, 15) is 9.90 Å². The number of hydrogen-bond donors (Lipinski definition) is 2. The van der Waals surface area contributed by atoms with E-state index >= 15 is 0 Å². The van der Waals surface area contributed by atoms with Gasteiger partial charge in [0.25, 0.3) is 5.91 Å². The van der Waals surface area contributed by atoms with Crippen molar-refractivity contribution in [2.75, 3.05) is 0 Å². The second kappa shape index (κ2) is 9.38. The molecule has 0 unspecified atom stereocenters. The summed E-state index contributed by atoms with van der Waals surface area (Å²) in [5, 5.41) is 22.2. The number of rotatable bonds is 5. The molecule has 0 radical (unpaired) electrons. The molecule has 0 bridgehead atoms. The van der Waals surface area contributed by atoms with Crippen LogP contribution in [0.4, 0.5) is 11.4 Å². The van der Waals surface area contributed by atoms with E-state index in [1.54, 1.807) is 30.3 Å². The summed E-state index contributed by atoms with van der Waals surface area (Å²) in [6.07, 6.45) is 1.35. The number of benzene rings is 3. The average Bonchev–Trinajstić information content (AvgIpc) is 2.68. The molecule has 140 valence electrons. The molecule has 0 aliphatic heterocycles. The Balaban J connectivity index is 1.72. The van der Waals surface area contributed by atoms with Crippen molar-refractivity contribution in [3.05, 3.63) is 86.8 Å². The number of halogens is 2. The van der Waals surface area contributed by atoms with Crippen molar-refractivity contribution >= 4 is 55.4 Å². The number of carbonyl (C=O) groups excluding carboxylic acids is 1. The molecule has 0 heterocycles. The van der Waals surface area contributed by atoms with Crippen LogP contribution in [0.15, 0.2) is 91.0 Å². The van der Waals surface area contributed by atoms with E-state index in [1.165, 1.54) is 12.3 Å². The van der Waals surface area contributed by atoms with Gasteiger partial charge in [0.15, 0.2) is 0 Å². The largest absolute Gasteiger partial charge is 0.507 e. The van der Waals surface area contributed by atoms with Crippen molar-refractivity contribution in [3.8, 4) is 5.75 Å². The van der Waals surface area contributed by atoms with Gasteiger partial charge in [-0.25, -0.2) is 5.43 Å². The lowest BCUT2D eigenvalue weighted by Gasteiger charge is -2.03. The minimum Gasteiger partial charge on any atom is -0.507 e. The second-order valence-electron chi connectivity index (χ2n) is 5.60. The van der Waals surface area contributed by atoms with Crippen molar-refractivity contribution in [3.63, 3.8) is 0 Å². The zero-order chi connectivity index (χ0) is 19.9. The predicted molar refractivity (Wildman–Crippen MR) is 116 cm³/mol. The van der Waals surface area contributed by atoms with Crippen LogP contribution in [0.1, 0.15) is 15.9 Å². The summed E-state index contributed by atoms with van der Waals surface area (Å²) in [7, 11) is 0. The Bertz CT molecular complexity index is 1070. The first-order valence-corrected chi connectivity index (χ1v) is 9.70. The Morgan fingerprint density at radius 1 is 0.929 bits per heavy atom. The van der Waals surface area contributed by atoms with Gasteiger partial charge in [-0.1, -0.05) is 34.1 Å². The molecule has 2 N–H and O–H groups in total. The second-order valence-corrected chi connectivity index (χ2v) is 7.37. The molecule has 0 atom stereocenters. The minimum absolute atomic E-state index is 0.0142. The van der Waals surface area contributed by atoms with Crippen molar-refractivity contribution in [1.29, 1.82) is 0 Å². The van der Waals surface area contributed by atoms with Gasteiger partial charge in [-0.2, -0.15) is 15.3 Å². The topological polar surface area (TPSA) is 86.4 Å². The number of phenols is 1. The van der Waals surface area contributed by atoms with Gasteiger partial charge in [-0.3, -0.25) is 4.79 Å². The summed E-state index contributed by atoms with van der Waals surface area (Å²) < 4.78 is 1.57. The van der Waals surface area contributed by atoms with Crippen molar-refractivity contribution in [1.82, 2.24) is 5.43 Å². The Morgan fingerprint density at radius 3 is 2.43 bits per heavy atom. The van der Waals surface area contributed by atoms with Gasteiger partial charge in [0, 0.05) is 14.5 Å². The van der Waals surface area contributed by atoms with Crippen LogP contribution in [0.3, 0.4) is 0 Å². The van der Waals surface area contributed by atoms with Gasteiger partial charge in [0.05, 0.1) is 23.2 Å². The Kier molecular flexibility index (Phi) is 6.67. The normalized spacial score (nSPS) is 11.2. The van der Waals surface area contributed by atoms with Gasteiger partial charge in [-0.15, -0.1) is 0 Å². The van der Waals surface area contributed by atoms with E-state index in [4.69, 9.17) is 0 Å². The molecule has 3 aromatic carbocycles. The van der Waals surface area contributed by atoms with Crippen LogP contribution in [0.2, 0.25) is 0 Å². The fourth-order valence-corrected chi connectivity index (χ4v) is 3.08. The van der Waals surface area contributed by atoms with Crippen LogP contribution in [0.25, 0.3) is 0 Å². The Hall–Kier alpha value is -2.84. The predicted octanol–water partition coefficient (Wildman–Crippen LogP) is 6.10. The lowest BCUT2D eigenvalue weighted by molar-refractivity contribution is 0.0954. The lowest BCUT2D eigenvalue weighted by atomic mass is 10.2. The molecule has 0 saturated heterocycles. The molecule has 3 rings (SSSR count). The van der Waals surface area contributed by atoms with E-state index < -0.39 is 0 Å². The minimum atomic E-state index is -0.367. The molecule has 6 nitrogen and oxygen atoms in total. The monoisotopic (exact) mass is 500 g/mol. The molecular weight excluding hydrogens is 488 g/mol. The highest BCUT2D eigenvalue weighted by molar-refractivity contribution is 9.10. The first kappa shape index (κ1) is 19.9. The Morgan fingerprint density at radius 2 is 1.68 bits per heavy atom. The van der Waals surface area contributed by atoms with Crippen LogP contribution in [-0.2, 0) is 0 Å². The highest BCUT2D eigenvalue weighted by Gasteiger charge is 2.08. The quantitative estimate of drug-likeness (QED) is 0.251. The van der Waals surface area contributed by atoms with E-state index in [1.807, 2.05) is 30.3 Å². The number of hydrazone groups is 1. The maximum Gasteiger partial charge on any atom is 0.272 e. The summed E-state index contributed by atoms with van der Waals surface area (Å²) >= 11 is 6.70. The maximum absolute atomic E-state index is 12.1. The summed E-state index contributed by atoms with van der Waals surface area (Å²) in [5.41, 5.74) is 4.52. The molecular formula is C20H14Br2N4O2. The van der Waals surface area contributed by atoms with Gasteiger partial charge in [0.1, 0.15) is 5.75 Å². The molecule has 3 aromatic rings. The zero-order valence-electron chi connectivity index (χ0n) is 14.4. The Labute approximate surface area is 178 Å². The molecule has 8 heteroatoms. The zero-order valence-corrected chi connectivity index (χ0v) is 17.6. The van der Waals surface area contributed by atoms with E-state index in [-0.39, 0.29) is 11.7 Å². The van der Waals surface area contributed by atoms with E-state index in [0.29, 0.717) is 27.0 Å². The molecule has 0 saturated carbocycles. The number of phenolic OH excluding ortho intramolecular Hbond substituents is 1. The third-order valence-electron chi connectivity index (χ3n) is 3.59. The average molecular weight is 502 g/mol. The molecule has 1 amide bonds. The summed E-state index contributed by atoms with van der Waals surface area (Å²) in [6.45, 7) is 0. The van der Waals surface area contributed by atoms with Crippen LogP contribution in [0.5, 0.6) is 5.75 Å². The standard InChI is InChI=1S/C20H14Br2N4O2/c21-14-4-3-5-15(11-14)24-25-16-8-9-19(27)13(10-16)12-23-26-20(28)17-6-1-2-7-18(17)22/h1-12,27H,(H,26,28). The molecule has 0 aliphatic carbocycles. The van der Waals surface area contributed by atoms with Crippen molar-refractivity contribution in [2.24, 2.45) is 15.3 Å². The summed E-state index contributed by atoms with van der Waals surface area (Å²) in [6, 6.07) is 19.2. The van der Waals surface area contributed by atoms with Crippen LogP contribution in [-0.4, -0.2) is 17.2 Å². The maximum atomic E-state index is 12.1. The third kappa shape index (κ3) is 5.34. The number of azo groups is 1. The van der Waals surface area contributed by atoms with Crippen LogP contribution < -0.4 is 5.43 Å². The number of carbonyl (C=O) groups is 1. The molecule has 0 aromatic heterocycles. The van der Waals surface area contributed by atoms with Crippen LogP contribution >= 0.6 is 31.9 Å². The molecule has 0 spiro atoms. The fourth-order valence-electron chi connectivity index (χ4n) is 2.23. The van der Waals surface area contributed by atoms with Gasteiger partial charge < -0.3 is 5.11 Å². The highest BCUT2D eigenvalue weighted by atomic mass is 79.9.